The summed E-state index contributed by atoms with van der Waals surface area (Å²) in [5.41, 5.74) is 0. The van der Waals surface area contributed by atoms with Crippen LogP contribution in [0.15, 0.2) is 0 Å². The van der Waals surface area contributed by atoms with Gasteiger partial charge in [0.1, 0.15) is 0 Å². The lowest BCUT2D eigenvalue weighted by Crippen LogP contribution is -1.86. The van der Waals surface area contributed by atoms with Crippen molar-refractivity contribution in [2.75, 3.05) is 7.11 Å². The van der Waals surface area contributed by atoms with E-state index in [4.69, 9.17) is 0 Å². The zero-order chi connectivity index (χ0) is 5.21. The molecule has 6 heavy (non-hydrogen) atoms. The predicted molar refractivity (Wildman–Crippen MR) is 25.6 cm³/mol. The first kappa shape index (κ1) is 6.34. The molecule has 0 aromatic carbocycles. The van der Waals surface area contributed by atoms with E-state index in [1.54, 1.807) is 8.44 Å². The molecule has 0 N–H and O–H groups in total. The van der Waals surface area contributed by atoms with Gasteiger partial charge in [-0.3, -0.25) is 4.18 Å². The van der Waals surface area contributed by atoms with Gasteiger partial charge in [-0.05, 0) is 0 Å². The van der Waals surface area contributed by atoms with Gasteiger partial charge in [0.2, 0.25) is 0 Å². The zero-order valence-corrected chi connectivity index (χ0v) is 5.18. The second-order valence-corrected chi connectivity index (χ2v) is 3.71. The average Bonchev–Trinajstić information content (AvgIpc) is 1.35. The molecular weight excluding hydrogens is 123 g/mol. The lowest BCUT2D eigenvalue weighted by atomic mass is 11.8. The van der Waals surface area contributed by atoms with Crippen LogP contribution >= 0.6 is 8.44 Å². The van der Waals surface area contributed by atoms with Crippen molar-refractivity contribution in [2.45, 2.75) is 0 Å². The monoisotopic (exact) mass is 128 g/mol. The standard InChI is InChI=1S/CH5O3PS/c1-4-6(2,3)5/h5H2,1H3. The molecule has 0 heterocycles. The summed E-state index contributed by atoms with van der Waals surface area (Å²) in [6.07, 6.45) is 0. The van der Waals surface area contributed by atoms with Crippen molar-refractivity contribution in [1.29, 1.82) is 0 Å². The van der Waals surface area contributed by atoms with Gasteiger partial charge in [-0.15, -0.1) is 0 Å². The zero-order valence-electron chi connectivity index (χ0n) is 3.21. The van der Waals surface area contributed by atoms with Gasteiger partial charge in [-0.25, -0.2) is 0 Å². The highest BCUT2D eigenvalue weighted by atomic mass is 32.7. The molecule has 0 spiro atoms. The highest BCUT2D eigenvalue weighted by Crippen LogP contribution is 1.97. The van der Waals surface area contributed by atoms with E-state index >= 15 is 0 Å². The average molecular weight is 128 g/mol. The Morgan fingerprint density at radius 2 is 1.83 bits per heavy atom. The Hall–Kier alpha value is 0.340. The molecule has 0 saturated heterocycles. The highest BCUT2D eigenvalue weighted by molar-refractivity contribution is 8.34. The molecular formula is CH5O3PS. The predicted octanol–water partition coefficient (Wildman–Crippen LogP) is -0.247. The summed E-state index contributed by atoms with van der Waals surface area (Å²) in [7, 11) is -0.604. The van der Waals surface area contributed by atoms with Crippen LogP contribution in [0.1, 0.15) is 0 Å². The summed E-state index contributed by atoms with van der Waals surface area (Å²) < 4.78 is 23.4. The Kier molecular flexibility index (Phi) is 1.97. The molecule has 3 nitrogen and oxygen atoms in total. The van der Waals surface area contributed by atoms with E-state index < -0.39 is 9.74 Å². The fourth-order valence-electron chi connectivity index (χ4n) is 0. The van der Waals surface area contributed by atoms with Crippen LogP contribution < -0.4 is 0 Å². The van der Waals surface area contributed by atoms with E-state index in [1.807, 2.05) is 0 Å². The maximum atomic E-state index is 9.74. The van der Waals surface area contributed by atoms with Gasteiger partial charge in [0, 0.05) is 8.44 Å². The molecule has 0 aliphatic rings. The van der Waals surface area contributed by atoms with Gasteiger partial charge in [0.05, 0.1) is 7.11 Å². The summed E-state index contributed by atoms with van der Waals surface area (Å²) in [4.78, 5) is 0. The smallest absolute Gasteiger partial charge is 0.271 e. The Bertz CT molecular complexity index is 113. The minimum atomic E-state index is -3.25. The van der Waals surface area contributed by atoms with Crippen LogP contribution in [0.2, 0.25) is 0 Å². The molecule has 0 amide bonds. The molecule has 0 bridgehead atoms. The Balaban J connectivity index is 3.85. The number of hydrogen-bond donors (Lipinski definition) is 0. The summed E-state index contributed by atoms with van der Waals surface area (Å²) in [5, 5.41) is 0. The van der Waals surface area contributed by atoms with Crippen molar-refractivity contribution in [2.24, 2.45) is 0 Å². The number of hydrogen-bond acceptors (Lipinski definition) is 3. The minimum Gasteiger partial charge on any atom is -0.271 e. The van der Waals surface area contributed by atoms with Crippen molar-refractivity contribution >= 4 is 18.2 Å². The highest BCUT2D eigenvalue weighted by Gasteiger charge is 1.90. The summed E-state index contributed by atoms with van der Waals surface area (Å²) >= 11 is 0. The SMILES string of the molecule is COS(=O)(=O)P. The van der Waals surface area contributed by atoms with E-state index in [2.05, 4.69) is 4.18 Å². The van der Waals surface area contributed by atoms with Gasteiger partial charge in [-0.1, -0.05) is 0 Å². The fourth-order valence-corrected chi connectivity index (χ4v) is 0. The Morgan fingerprint density at radius 1 is 1.67 bits per heavy atom. The third kappa shape index (κ3) is 4.34. The van der Waals surface area contributed by atoms with E-state index in [0.717, 1.165) is 7.11 Å². The van der Waals surface area contributed by atoms with Crippen LogP contribution in [0, 0.1) is 0 Å². The molecule has 0 aliphatic heterocycles. The summed E-state index contributed by atoms with van der Waals surface area (Å²) in [6, 6.07) is 0. The van der Waals surface area contributed by atoms with E-state index in [9.17, 15) is 8.42 Å². The van der Waals surface area contributed by atoms with Crippen molar-refractivity contribution in [1.82, 2.24) is 0 Å². The van der Waals surface area contributed by atoms with Gasteiger partial charge in [-0.2, -0.15) is 8.42 Å². The maximum absolute atomic E-state index is 9.74. The van der Waals surface area contributed by atoms with Crippen LogP contribution in [0.3, 0.4) is 0 Å². The first-order chi connectivity index (χ1) is 2.56. The first-order valence-electron chi connectivity index (χ1n) is 1.14. The Morgan fingerprint density at radius 3 is 1.83 bits per heavy atom. The third-order valence-electron chi connectivity index (χ3n) is 0.232. The van der Waals surface area contributed by atoms with Crippen LogP contribution in [0.4, 0.5) is 0 Å². The molecule has 5 heteroatoms. The van der Waals surface area contributed by atoms with Crippen LogP contribution in [-0.4, -0.2) is 15.5 Å². The molecule has 0 saturated carbocycles. The van der Waals surface area contributed by atoms with Crippen LogP contribution in [0.25, 0.3) is 0 Å². The van der Waals surface area contributed by atoms with Crippen LogP contribution in [-0.2, 0) is 13.9 Å². The van der Waals surface area contributed by atoms with Gasteiger partial charge in [0.25, 0.3) is 9.74 Å². The van der Waals surface area contributed by atoms with E-state index in [1.165, 1.54) is 0 Å². The number of rotatable bonds is 1. The van der Waals surface area contributed by atoms with Crippen molar-refractivity contribution in [3.05, 3.63) is 0 Å². The second-order valence-electron chi connectivity index (χ2n) is 0.659. The van der Waals surface area contributed by atoms with Gasteiger partial charge < -0.3 is 0 Å². The molecule has 0 aromatic rings. The normalized spacial score (nSPS) is 11.7. The van der Waals surface area contributed by atoms with E-state index in [0.29, 0.717) is 0 Å². The first-order valence-corrected chi connectivity index (χ1v) is 4.03. The summed E-state index contributed by atoms with van der Waals surface area (Å²) in [5.74, 6) is 0. The maximum Gasteiger partial charge on any atom is 0.277 e. The van der Waals surface area contributed by atoms with Crippen molar-refractivity contribution in [3.63, 3.8) is 0 Å². The van der Waals surface area contributed by atoms with Gasteiger partial charge >= 0.3 is 0 Å². The summed E-state index contributed by atoms with van der Waals surface area (Å²) in [6.45, 7) is 0. The quantitative estimate of drug-likeness (QED) is 0.457. The lowest BCUT2D eigenvalue weighted by Gasteiger charge is -1.84. The Labute approximate surface area is 38.8 Å². The molecule has 0 radical (unpaired) electrons. The minimum absolute atomic E-state index is 1.10. The molecule has 1 atom stereocenters. The van der Waals surface area contributed by atoms with Crippen LogP contribution in [0.5, 0.6) is 0 Å². The largest absolute Gasteiger partial charge is 0.277 e. The molecule has 1 unspecified atom stereocenters. The van der Waals surface area contributed by atoms with Crippen molar-refractivity contribution < 1.29 is 12.6 Å². The van der Waals surface area contributed by atoms with Crippen molar-refractivity contribution in [3.8, 4) is 0 Å². The molecule has 0 aliphatic carbocycles. The molecule has 0 fully saturated rings. The molecule has 0 aromatic heterocycles. The van der Waals surface area contributed by atoms with E-state index in [-0.39, 0.29) is 0 Å². The third-order valence-corrected chi connectivity index (χ3v) is 1.27. The van der Waals surface area contributed by atoms with Gasteiger partial charge in [0.15, 0.2) is 0 Å². The second kappa shape index (κ2) is 1.87. The lowest BCUT2D eigenvalue weighted by molar-refractivity contribution is 0.413. The topological polar surface area (TPSA) is 43.4 Å². The molecule has 0 rings (SSSR count). The fraction of sp³-hybridized carbons (Fsp3) is 1.00. The molecule has 38 valence electrons.